The summed E-state index contributed by atoms with van der Waals surface area (Å²) < 4.78 is 0. The average molecular weight is 156 g/mol. The van der Waals surface area contributed by atoms with Crippen molar-refractivity contribution < 1.29 is 0 Å². The molecule has 0 nitrogen and oxygen atoms in total. The Morgan fingerprint density at radius 1 is 1.50 bits per heavy atom. The van der Waals surface area contributed by atoms with Crippen LogP contribution in [0, 0.1) is 11.8 Å². The number of rotatable bonds is 3. The van der Waals surface area contributed by atoms with E-state index in [1.807, 2.05) is 0 Å². The quantitative estimate of drug-likeness (QED) is 0.550. The topological polar surface area (TPSA) is 0 Å². The van der Waals surface area contributed by atoms with Crippen LogP contribution in [0.25, 0.3) is 0 Å². The molecule has 1 atom stereocenters. The first kappa shape index (κ1) is 8.27. The highest BCUT2D eigenvalue weighted by Crippen LogP contribution is 2.53. The first-order valence-electron chi connectivity index (χ1n) is 4.00. The molecule has 0 amide bonds. The number of hydrogen-bond donors (Lipinski definition) is 0. The lowest BCUT2D eigenvalue weighted by molar-refractivity contribution is 0.560. The molecular weight excluding hydrogens is 139 g/mol. The van der Waals surface area contributed by atoms with E-state index in [-0.39, 0.29) is 7.92 Å². The molecule has 10 heavy (non-hydrogen) atoms. The lowest BCUT2D eigenvalue weighted by Crippen LogP contribution is -1.90. The summed E-state index contributed by atoms with van der Waals surface area (Å²) in [4.78, 5) is 0. The third-order valence-corrected chi connectivity index (χ3v) is 3.40. The van der Waals surface area contributed by atoms with Gasteiger partial charge < -0.3 is 0 Å². The predicted octanol–water partition coefficient (Wildman–Crippen LogP) is 3.29. The highest BCUT2D eigenvalue weighted by molar-refractivity contribution is 7.60. The normalized spacial score (nSPS) is 23.8. The summed E-state index contributed by atoms with van der Waals surface area (Å²) in [6.45, 7) is 9.30. The molecule has 1 heteroatoms. The van der Waals surface area contributed by atoms with Gasteiger partial charge in [0.1, 0.15) is 0 Å². The van der Waals surface area contributed by atoms with Gasteiger partial charge in [-0.25, -0.2) is 0 Å². The van der Waals surface area contributed by atoms with Crippen molar-refractivity contribution in [3.63, 3.8) is 0 Å². The van der Waals surface area contributed by atoms with Gasteiger partial charge >= 0.3 is 0 Å². The molecule has 0 N–H and O–H groups in total. The van der Waals surface area contributed by atoms with Crippen LogP contribution in [0.15, 0.2) is 11.4 Å². The maximum absolute atomic E-state index is 2.45. The van der Waals surface area contributed by atoms with Crippen molar-refractivity contribution in [2.75, 3.05) is 13.3 Å². The molecule has 0 spiro atoms. The minimum Gasteiger partial charge on any atom is -0.0858 e. The Bertz CT molecular complexity index is 145. The van der Waals surface area contributed by atoms with Crippen LogP contribution in [-0.4, -0.2) is 13.3 Å². The van der Waals surface area contributed by atoms with Crippen LogP contribution in [0.2, 0.25) is 0 Å². The Labute approximate surface area is 65.5 Å². The largest absolute Gasteiger partial charge is 0.0858 e. The van der Waals surface area contributed by atoms with E-state index in [9.17, 15) is 0 Å². The maximum Gasteiger partial charge on any atom is 0.00281 e. The Hall–Kier alpha value is 0.170. The molecule has 0 fully saturated rings. The van der Waals surface area contributed by atoms with Crippen LogP contribution in [-0.2, 0) is 0 Å². The second-order valence-electron chi connectivity index (χ2n) is 3.72. The SMILES string of the molecule is CC(C)CC1C=C1P(C)C. The van der Waals surface area contributed by atoms with Crippen LogP contribution >= 0.6 is 7.92 Å². The lowest BCUT2D eigenvalue weighted by atomic mass is 10.1. The summed E-state index contributed by atoms with van der Waals surface area (Å²) in [6.07, 6.45) is 3.83. The van der Waals surface area contributed by atoms with Crippen molar-refractivity contribution in [3.05, 3.63) is 11.4 Å². The van der Waals surface area contributed by atoms with Crippen LogP contribution in [0.5, 0.6) is 0 Å². The highest BCUT2D eigenvalue weighted by atomic mass is 31.1. The number of hydrogen-bond acceptors (Lipinski definition) is 0. The molecule has 1 unspecified atom stereocenters. The van der Waals surface area contributed by atoms with E-state index in [1.54, 1.807) is 5.31 Å². The predicted molar refractivity (Wildman–Crippen MR) is 49.8 cm³/mol. The van der Waals surface area contributed by atoms with Crippen LogP contribution in [0.3, 0.4) is 0 Å². The molecule has 58 valence electrons. The summed E-state index contributed by atoms with van der Waals surface area (Å²) in [5.74, 6) is 1.77. The zero-order valence-electron chi connectivity index (χ0n) is 7.39. The van der Waals surface area contributed by atoms with Gasteiger partial charge in [-0.15, -0.1) is 0 Å². The lowest BCUT2D eigenvalue weighted by Gasteiger charge is -2.05. The van der Waals surface area contributed by atoms with Gasteiger partial charge in [0.2, 0.25) is 0 Å². The van der Waals surface area contributed by atoms with Crippen LogP contribution in [0.4, 0.5) is 0 Å². The van der Waals surface area contributed by atoms with Gasteiger partial charge in [-0.05, 0) is 31.0 Å². The Kier molecular flexibility index (Phi) is 2.52. The van der Waals surface area contributed by atoms with Crippen LogP contribution < -0.4 is 0 Å². The summed E-state index contributed by atoms with van der Waals surface area (Å²) in [5, 5.41) is 1.75. The van der Waals surface area contributed by atoms with E-state index < -0.39 is 0 Å². The van der Waals surface area contributed by atoms with Crippen molar-refractivity contribution >= 4 is 7.92 Å². The molecule has 0 aliphatic heterocycles. The third-order valence-electron chi connectivity index (χ3n) is 1.88. The van der Waals surface area contributed by atoms with Gasteiger partial charge in [0, 0.05) is 5.92 Å². The van der Waals surface area contributed by atoms with Crippen molar-refractivity contribution in [2.24, 2.45) is 11.8 Å². The van der Waals surface area contributed by atoms with Crippen molar-refractivity contribution in [1.29, 1.82) is 0 Å². The Morgan fingerprint density at radius 2 is 2.10 bits per heavy atom. The molecule has 1 aliphatic rings. The smallest absolute Gasteiger partial charge is 0.00281 e. The Balaban J connectivity index is 2.17. The fourth-order valence-electron chi connectivity index (χ4n) is 1.34. The van der Waals surface area contributed by atoms with Gasteiger partial charge in [0.15, 0.2) is 0 Å². The van der Waals surface area contributed by atoms with E-state index >= 15 is 0 Å². The molecule has 0 heterocycles. The second-order valence-corrected chi connectivity index (χ2v) is 6.03. The summed E-state index contributed by atoms with van der Waals surface area (Å²) >= 11 is 0. The second kappa shape index (κ2) is 3.05. The zero-order chi connectivity index (χ0) is 7.72. The van der Waals surface area contributed by atoms with E-state index in [4.69, 9.17) is 0 Å². The van der Waals surface area contributed by atoms with Crippen LogP contribution in [0.1, 0.15) is 20.3 Å². The molecule has 0 saturated heterocycles. The van der Waals surface area contributed by atoms with Crippen molar-refractivity contribution in [1.82, 2.24) is 0 Å². The minimum absolute atomic E-state index is 0.243. The zero-order valence-corrected chi connectivity index (χ0v) is 8.28. The minimum atomic E-state index is 0.243. The number of allylic oxidation sites excluding steroid dienone is 2. The van der Waals surface area contributed by atoms with Gasteiger partial charge in [-0.2, -0.15) is 0 Å². The molecule has 0 aromatic rings. The maximum atomic E-state index is 2.45. The first-order chi connectivity index (χ1) is 4.61. The molecule has 0 saturated carbocycles. The fourth-order valence-corrected chi connectivity index (χ4v) is 2.58. The van der Waals surface area contributed by atoms with Gasteiger partial charge in [0.25, 0.3) is 0 Å². The summed E-state index contributed by atoms with van der Waals surface area (Å²) in [6, 6.07) is 0. The Morgan fingerprint density at radius 3 is 2.40 bits per heavy atom. The monoisotopic (exact) mass is 156 g/mol. The summed E-state index contributed by atoms with van der Waals surface area (Å²) in [5.41, 5.74) is 0. The third kappa shape index (κ3) is 2.09. The molecule has 0 aromatic carbocycles. The molecular formula is C9H17P. The molecule has 0 bridgehead atoms. The standard InChI is InChI=1S/C9H17P/c1-7(2)5-8-6-9(8)10(3)4/h6-8H,5H2,1-4H3. The first-order valence-corrected chi connectivity index (χ1v) is 6.24. The molecule has 1 aliphatic carbocycles. The van der Waals surface area contributed by atoms with E-state index in [2.05, 4.69) is 33.3 Å². The molecule has 0 radical (unpaired) electrons. The van der Waals surface area contributed by atoms with Gasteiger partial charge in [0.05, 0.1) is 0 Å². The molecule has 0 aromatic heterocycles. The van der Waals surface area contributed by atoms with Crippen molar-refractivity contribution in [3.8, 4) is 0 Å². The van der Waals surface area contributed by atoms with Crippen molar-refractivity contribution in [2.45, 2.75) is 20.3 Å². The van der Waals surface area contributed by atoms with Gasteiger partial charge in [-0.1, -0.05) is 27.8 Å². The average Bonchev–Trinajstić information content (AvgIpc) is 2.43. The van der Waals surface area contributed by atoms with E-state index in [0.29, 0.717) is 0 Å². The van der Waals surface area contributed by atoms with E-state index in [0.717, 1.165) is 11.8 Å². The fraction of sp³-hybridized carbons (Fsp3) is 0.778. The van der Waals surface area contributed by atoms with E-state index in [1.165, 1.54) is 6.42 Å². The van der Waals surface area contributed by atoms with Gasteiger partial charge in [-0.3, -0.25) is 0 Å². The highest BCUT2D eigenvalue weighted by Gasteiger charge is 2.26. The molecule has 1 rings (SSSR count). The summed E-state index contributed by atoms with van der Waals surface area (Å²) in [7, 11) is 0.243.